The van der Waals surface area contributed by atoms with Crippen LogP contribution in [-0.4, -0.2) is 35.3 Å². The van der Waals surface area contributed by atoms with Crippen LogP contribution >= 0.6 is 0 Å². The standard InChI is InChI=1S/C14H13N3O4/c15-7-4-8-17(10-5-2-1-3-6-10)13(18)12-9-11(14(19)20)16-21-12/h1-3,5-6,12H,4,8-9H2,(H,19,20). The summed E-state index contributed by atoms with van der Waals surface area (Å²) < 4.78 is 0. The van der Waals surface area contributed by atoms with E-state index in [4.69, 9.17) is 15.2 Å². The Kier molecular flexibility index (Phi) is 4.51. The van der Waals surface area contributed by atoms with Crippen molar-refractivity contribution in [2.45, 2.75) is 18.9 Å². The van der Waals surface area contributed by atoms with Gasteiger partial charge in [-0.3, -0.25) is 4.79 Å². The molecule has 0 aliphatic carbocycles. The van der Waals surface area contributed by atoms with Crippen molar-refractivity contribution in [1.29, 1.82) is 5.26 Å². The third-order valence-corrected chi connectivity index (χ3v) is 2.97. The minimum absolute atomic E-state index is 0.0793. The molecule has 0 saturated heterocycles. The maximum Gasteiger partial charge on any atom is 0.353 e. The number of oxime groups is 1. The number of benzene rings is 1. The van der Waals surface area contributed by atoms with Crippen molar-refractivity contribution in [3.8, 4) is 6.07 Å². The largest absolute Gasteiger partial charge is 0.477 e. The van der Waals surface area contributed by atoms with Gasteiger partial charge in [-0.25, -0.2) is 4.79 Å². The van der Waals surface area contributed by atoms with Gasteiger partial charge in [-0.2, -0.15) is 5.26 Å². The van der Waals surface area contributed by atoms with Gasteiger partial charge in [0, 0.05) is 18.7 Å². The first-order valence-corrected chi connectivity index (χ1v) is 6.33. The Morgan fingerprint density at radius 2 is 2.14 bits per heavy atom. The highest BCUT2D eigenvalue weighted by atomic mass is 16.6. The zero-order valence-electron chi connectivity index (χ0n) is 11.1. The first kappa shape index (κ1) is 14.5. The van der Waals surface area contributed by atoms with Crippen LogP contribution in [0.1, 0.15) is 12.8 Å². The normalized spacial score (nSPS) is 16.5. The van der Waals surface area contributed by atoms with E-state index in [9.17, 15) is 9.59 Å². The Morgan fingerprint density at radius 3 is 2.71 bits per heavy atom. The Morgan fingerprint density at radius 1 is 1.43 bits per heavy atom. The smallest absolute Gasteiger partial charge is 0.353 e. The van der Waals surface area contributed by atoms with E-state index in [1.807, 2.05) is 12.1 Å². The fraction of sp³-hybridized carbons (Fsp3) is 0.286. The zero-order valence-corrected chi connectivity index (χ0v) is 11.1. The highest BCUT2D eigenvalue weighted by Gasteiger charge is 2.34. The van der Waals surface area contributed by atoms with Crippen molar-refractivity contribution in [3.05, 3.63) is 30.3 Å². The fourth-order valence-corrected chi connectivity index (χ4v) is 1.95. The molecule has 7 nitrogen and oxygen atoms in total. The molecule has 0 aromatic heterocycles. The number of carbonyl (C=O) groups excluding carboxylic acids is 1. The number of hydrogen-bond acceptors (Lipinski definition) is 5. The van der Waals surface area contributed by atoms with Gasteiger partial charge in [0.2, 0.25) is 6.10 Å². The first-order chi connectivity index (χ1) is 10.1. The summed E-state index contributed by atoms with van der Waals surface area (Å²) in [6, 6.07) is 10.8. The second-order valence-corrected chi connectivity index (χ2v) is 4.37. The molecular weight excluding hydrogens is 274 g/mol. The van der Waals surface area contributed by atoms with E-state index in [2.05, 4.69) is 5.16 Å². The average molecular weight is 287 g/mol. The molecule has 1 amide bonds. The van der Waals surface area contributed by atoms with Crippen molar-refractivity contribution in [3.63, 3.8) is 0 Å². The van der Waals surface area contributed by atoms with E-state index >= 15 is 0 Å². The SMILES string of the molecule is N#CCCN(C(=O)C1CC(C(=O)O)=NO1)c1ccccc1. The third kappa shape index (κ3) is 3.36. The molecule has 0 saturated carbocycles. The van der Waals surface area contributed by atoms with Crippen LogP contribution in [0.5, 0.6) is 0 Å². The molecule has 1 N–H and O–H groups in total. The van der Waals surface area contributed by atoms with Crippen LogP contribution in [0.2, 0.25) is 0 Å². The van der Waals surface area contributed by atoms with E-state index in [0.29, 0.717) is 5.69 Å². The summed E-state index contributed by atoms with van der Waals surface area (Å²) in [4.78, 5) is 29.6. The van der Waals surface area contributed by atoms with E-state index in [1.165, 1.54) is 4.90 Å². The lowest BCUT2D eigenvalue weighted by Crippen LogP contribution is -2.40. The monoisotopic (exact) mass is 287 g/mol. The van der Waals surface area contributed by atoms with E-state index < -0.39 is 18.0 Å². The summed E-state index contributed by atoms with van der Waals surface area (Å²) in [7, 11) is 0. The van der Waals surface area contributed by atoms with Gasteiger partial charge in [0.1, 0.15) is 0 Å². The van der Waals surface area contributed by atoms with Gasteiger partial charge in [0.15, 0.2) is 5.71 Å². The van der Waals surface area contributed by atoms with E-state index in [0.717, 1.165) is 0 Å². The molecule has 0 spiro atoms. The molecule has 0 bridgehead atoms. The summed E-state index contributed by atoms with van der Waals surface area (Å²) in [5.74, 6) is -1.61. The maximum absolute atomic E-state index is 12.4. The second-order valence-electron chi connectivity index (χ2n) is 4.37. The van der Waals surface area contributed by atoms with Crippen molar-refractivity contribution >= 4 is 23.3 Å². The lowest BCUT2D eigenvalue weighted by molar-refractivity contribution is -0.129. The molecule has 108 valence electrons. The summed E-state index contributed by atoms with van der Waals surface area (Å²) in [5.41, 5.74) is 0.451. The number of carbonyl (C=O) groups is 2. The number of carboxylic acids is 1. The highest BCUT2D eigenvalue weighted by Crippen LogP contribution is 2.20. The van der Waals surface area contributed by atoms with Crippen molar-refractivity contribution in [2.24, 2.45) is 5.16 Å². The topological polar surface area (TPSA) is 103 Å². The van der Waals surface area contributed by atoms with Crippen molar-refractivity contribution < 1.29 is 19.5 Å². The molecule has 21 heavy (non-hydrogen) atoms. The Balaban J connectivity index is 2.13. The van der Waals surface area contributed by atoms with Crippen LogP contribution < -0.4 is 4.90 Å². The van der Waals surface area contributed by atoms with Gasteiger partial charge in [-0.15, -0.1) is 0 Å². The number of amides is 1. The molecule has 0 radical (unpaired) electrons. The maximum atomic E-state index is 12.4. The van der Waals surface area contributed by atoms with Crippen molar-refractivity contribution in [2.75, 3.05) is 11.4 Å². The number of hydrogen-bond donors (Lipinski definition) is 1. The molecule has 1 unspecified atom stereocenters. The lowest BCUT2D eigenvalue weighted by atomic mass is 10.1. The molecule has 0 fully saturated rings. The average Bonchev–Trinajstić information content (AvgIpc) is 2.98. The summed E-state index contributed by atoms with van der Waals surface area (Å²) in [5, 5.41) is 20.9. The lowest BCUT2D eigenvalue weighted by Gasteiger charge is -2.23. The van der Waals surface area contributed by atoms with Gasteiger partial charge in [-0.05, 0) is 12.1 Å². The predicted octanol–water partition coefficient (Wildman–Crippen LogP) is 1.16. The minimum Gasteiger partial charge on any atom is -0.477 e. The summed E-state index contributed by atoms with van der Waals surface area (Å²) in [6.45, 7) is 0.210. The Bertz CT molecular complexity index is 606. The quantitative estimate of drug-likeness (QED) is 0.875. The van der Waals surface area contributed by atoms with E-state index in [1.54, 1.807) is 24.3 Å². The van der Waals surface area contributed by atoms with Gasteiger partial charge < -0.3 is 14.8 Å². The second kappa shape index (κ2) is 6.52. The Labute approximate surface area is 121 Å². The summed E-state index contributed by atoms with van der Waals surface area (Å²) >= 11 is 0. The van der Waals surface area contributed by atoms with Crippen LogP contribution in [0.4, 0.5) is 5.69 Å². The number of aliphatic carboxylic acids is 1. The molecule has 1 atom stereocenters. The molecule has 1 aromatic carbocycles. The van der Waals surface area contributed by atoms with Crippen LogP contribution in [0.25, 0.3) is 0 Å². The van der Waals surface area contributed by atoms with Crippen molar-refractivity contribution in [1.82, 2.24) is 0 Å². The van der Waals surface area contributed by atoms with Gasteiger partial charge in [-0.1, -0.05) is 23.4 Å². The molecular formula is C14H13N3O4. The molecule has 1 aromatic rings. The third-order valence-electron chi connectivity index (χ3n) is 2.97. The van der Waals surface area contributed by atoms with Crippen LogP contribution in [0, 0.1) is 11.3 Å². The van der Waals surface area contributed by atoms with Crippen LogP contribution in [0.15, 0.2) is 35.5 Å². The van der Waals surface area contributed by atoms with E-state index in [-0.39, 0.29) is 25.1 Å². The molecule has 7 heteroatoms. The first-order valence-electron chi connectivity index (χ1n) is 6.33. The number of carboxylic acid groups (broad SMARTS) is 1. The molecule has 1 heterocycles. The minimum atomic E-state index is -1.20. The number of nitrogens with zero attached hydrogens (tertiary/aromatic N) is 3. The Hall–Kier alpha value is -2.88. The van der Waals surface area contributed by atoms with Crippen LogP contribution in [-0.2, 0) is 14.4 Å². The number of nitriles is 1. The van der Waals surface area contributed by atoms with Gasteiger partial charge in [0.05, 0.1) is 12.5 Å². The number of para-hydroxylation sites is 1. The molecule has 1 aliphatic rings. The highest BCUT2D eigenvalue weighted by molar-refractivity contribution is 6.36. The number of rotatable bonds is 5. The predicted molar refractivity (Wildman–Crippen MR) is 73.6 cm³/mol. The zero-order chi connectivity index (χ0) is 15.2. The van der Waals surface area contributed by atoms with Gasteiger partial charge in [0.25, 0.3) is 5.91 Å². The molecule has 2 rings (SSSR count). The fourth-order valence-electron chi connectivity index (χ4n) is 1.95. The van der Waals surface area contributed by atoms with Crippen LogP contribution in [0.3, 0.4) is 0 Å². The number of anilines is 1. The summed E-state index contributed by atoms with van der Waals surface area (Å²) in [6.07, 6.45) is -0.876. The molecule has 1 aliphatic heterocycles. The van der Waals surface area contributed by atoms with Gasteiger partial charge >= 0.3 is 5.97 Å².